The molecule has 7 heteroatoms. The number of hydrogen-bond donors (Lipinski definition) is 1. The first kappa shape index (κ1) is 11.6. The summed E-state index contributed by atoms with van der Waals surface area (Å²) in [5.41, 5.74) is -0.398. The highest BCUT2D eigenvalue weighted by atomic mass is 16.2. The first-order chi connectivity index (χ1) is 7.80. The average Bonchev–Trinajstić information content (AvgIpc) is 2.41. The molecule has 0 aromatic heterocycles. The third-order valence-electron chi connectivity index (χ3n) is 2.75. The monoisotopic (exact) mass is 239 g/mol. The van der Waals surface area contributed by atoms with Crippen molar-refractivity contribution in [3.05, 3.63) is 0 Å². The number of piperidine rings is 1. The van der Waals surface area contributed by atoms with Crippen LogP contribution in [0.25, 0.3) is 0 Å². The third-order valence-corrected chi connectivity index (χ3v) is 2.75. The van der Waals surface area contributed by atoms with E-state index in [9.17, 15) is 19.2 Å². The number of nitrogens with zero attached hydrogens (tertiary/aromatic N) is 2. The smallest absolute Gasteiger partial charge is 0.275 e. The zero-order chi connectivity index (χ0) is 12.8. The number of imide groups is 2. The molecule has 0 spiro atoms. The van der Waals surface area contributed by atoms with Gasteiger partial charge in [0, 0.05) is 12.8 Å². The van der Waals surface area contributed by atoms with Crippen LogP contribution in [0.15, 0.2) is 0 Å². The van der Waals surface area contributed by atoms with Gasteiger partial charge in [-0.3, -0.25) is 19.7 Å². The fourth-order valence-electron chi connectivity index (χ4n) is 2.03. The van der Waals surface area contributed by atoms with E-state index in [0.717, 1.165) is 10.0 Å². The first-order valence-electron chi connectivity index (χ1n) is 5.27. The van der Waals surface area contributed by atoms with Gasteiger partial charge in [0.05, 0.1) is 0 Å². The number of hydrazine groups is 1. The fraction of sp³-hybridized carbons (Fsp3) is 0.600. The van der Waals surface area contributed by atoms with Gasteiger partial charge >= 0.3 is 6.03 Å². The van der Waals surface area contributed by atoms with Gasteiger partial charge < -0.3 is 0 Å². The summed E-state index contributed by atoms with van der Waals surface area (Å²) >= 11 is 0. The zero-order valence-corrected chi connectivity index (χ0v) is 9.65. The molecule has 0 saturated carbocycles. The van der Waals surface area contributed by atoms with Crippen molar-refractivity contribution in [3.63, 3.8) is 0 Å². The van der Waals surface area contributed by atoms with E-state index < -0.39 is 29.2 Å². The molecule has 2 saturated heterocycles. The molecule has 0 aliphatic carbocycles. The summed E-state index contributed by atoms with van der Waals surface area (Å²) in [6.45, 7) is 3.35. The van der Waals surface area contributed by atoms with E-state index in [1.165, 1.54) is 0 Å². The van der Waals surface area contributed by atoms with Gasteiger partial charge in [-0.1, -0.05) is 13.8 Å². The molecule has 0 bridgehead atoms. The number of rotatable bonds is 1. The summed E-state index contributed by atoms with van der Waals surface area (Å²) in [5.74, 6) is -1.41. The molecule has 7 nitrogen and oxygen atoms in total. The number of carbonyl (C=O) groups is 4. The second-order valence-electron chi connectivity index (χ2n) is 5.03. The highest BCUT2D eigenvalue weighted by Gasteiger charge is 2.44. The molecule has 0 aromatic rings. The number of urea groups is 1. The van der Waals surface area contributed by atoms with E-state index in [1.807, 2.05) is 19.2 Å². The standard InChI is InChI=1S/C10H13N3O4/c1-10(2)3-7(15)13(8(16)4-10)12-5-6(14)11-9(12)17/h3-5H2,1-2H3,(H,11,14,17). The quantitative estimate of drug-likeness (QED) is 0.499. The molecular weight excluding hydrogens is 226 g/mol. The number of carbonyl (C=O) groups excluding carboxylic acids is 4. The molecule has 1 N–H and O–H groups in total. The van der Waals surface area contributed by atoms with Gasteiger partial charge in [-0.25, -0.2) is 9.80 Å². The van der Waals surface area contributed by atoms with Crippen LogP contribution in [0.1, 0.15) is 26.7 Å². The molecule has 0 atom stereocenters. The van der Waals surface area contributed by atoms with Crippen LogP contribution in [0.4, 0.5) is 4.79 Å². The maximum atomic E-state index is 11.8. The van der Waals surface area contributed by atoms with E-state index in [4.69, 9.17) is 0 Å². The van der Waals surface area contributed by atoms with Crippen LogP contribution in [0, 0.1) is 5.41 Å². The Morgan fingerprint density at radius 3 is 2.00 bits per heavy atom. The lowest BCUT2D eigenvalue weighted by Crippen LogP contribution is -2.56. The Balaban J connectivity index is 2.22. The van der Waals surface area contributed by atoms with E-state index in [2.05, 4.69) is 0 Å². The van der Waals surface area contributed by atoms with Crippen LogP contribution < -0.4 is 5.32 Å². The molecule has 92 valence electrons. The van der Waals surface area contributed by atoms with E-state index in [-0.39, 0.29) is 19.4 Å². The zero-order valence-electron chi connectivity index (χ0n) is 9.65. The van der Waals surface area contributed by atoms with Crippen LogP contribution in [0.5, 0.6) is 0 Å². The van der Waals surface area contributed by atoms with Crippen LogP contribution in [0.2, 0.25) is 0 Å². The van der Waals surface area contributed by atoms with Gasteiger partial charge in [0.1, 0.15) is 6.54 Å². The molecule has 2 heterocycles. The molecule has 0 radical (unpaired) electrons. The highest BCUT2D eigenvalue weighted by molar-refractivity contribution is 6.06. The Morgan fingerprint density at radius 1 is 1.06 bits per heavy atom. The normalized spacial score (nSPS) is 24.4. The van der Waals surface area contributed by atoms with E-state index >= 15 is 0 Å². The van der Waals surface area contributed by atoms with Crippen molar-refractivity contribution in [2.75, 3.05) is 6.54 Å². The van der Waals surface area contributed by atoms with Crippen molar-refractivity contribution < 1.29 is 19.2 Å². The van der Waals surface area contributed by atoms with Crippen LogP contribution in [0.3, 0.4) is 0 Å². The molecule has 2 aliphatic rings. The lowest BCUT2D eigenvalue weighted by molar-refractivity contribution is -0.166. The van der Waals surface area contributed by atoms with Crippen LogP contribution >= 0.6 is 0 Å². The Kier molecular flexibility index (Phi) is 2.41. The van der Waals surface area contributed by atoms with Crippen LogP contribution in [-0.2, 0) is 14.4 Å². The number of hydrogen-bond acceptors (Lipinski definition) is 4. The highest BCUT2D eigenvalue weighted by Crippen LogP contribution is 2.32. The maximum Gasteiger partial charge on any atom is 0.343 e. The van der Waals surface area contributed by atoms with Crippen molar-refractivity contribution in [2.45, 2.75) is 26.7 Å². The summed E-state index contributed by atoms with van der Waals surface area (Å²) < 4.78 is 0. The Labute approximate surface area is 97.7 Å². The lowest BCUT2D eigenvalue weighted by atomic mass is 9.82. The first-order valence-corrected chi connectivity index (χ1v) is 5.27. The molecule has 2 fully saturated rings. The Hall–Kier alpha value is -1.92. The van der Waals surface area contributed by atoms with E-state index in [0.29, 0.717) is 0 Å². The summed E-state index contributed by atoms with van der Waals surface area (Å²) in [7, 11) is 0. The average molecular weight is 239 g/mol. The second kappa shape index (κ2) is 3.54. The third kappa shape index (κ3) is 2.00. The SMILES string of the molecule is CC1(C)CC(=O)N(N2CC(=O)NC2=O)C(=O)C1. The molecule has 0 aromatic carbocycles. The minimum Gasteiger partial charge on any atom is -0.275 e. The summed E-state index contributed by atoms with van der Waals surface area (Å²) in [6.07, 6.45) is 0.355. The van der Waals surface area contributed by atoms with Gasteiger partial charge in [0.25, 0.3) is 0 Å². The van der Waals surface area contributed by atoms with Crippen molar-refractivity contribution in [3.8, 4) is 0 Å². The van der Waals surface area contributed by atoms with Gasteiger partial charge in [-0.15, -0.1) is 0 Å². The summed E-state index contributed by atoms with van der Waals surface area (Å²) in [5, 5.41) is 3.67. The largest absolute Gasteiger partial charge is 0.343 e. The second-order valence-corrected chi connectivity index (χ2v) is 5.03. The Morgan fingerprint density at radius 2 is 1.59 bits per heavy atom. The summed E-state index contributed by atoms with van der Waals surface area (Å²) in [6, 6.07) is -0.726. The van der Waals surface area contributed by atoms with Crippen molar-refractivity contribution in [1.82, 2.24) is 15.3 Å². The molecule has 2 rings (SSSR count). The lowest BCUT2D eigenvalue weighted by Gasteiger charge is -2.37. The fourth-order valence-corrected chi connectivity index (χ4v) is 2.03. The van der Waals surface area contributed by atoms with Gasteiger partial charge in [-0.2, -0.15) is 5.01 Å². The minimum absolute atomic E-state index is 0.177. The number of amides is 5. The maximum absolute atomic E-state index is 11.8. The predicted octanol–water partition coefficient (Wildman–Crippen LogP) is -0.372. The van der Waals surface area contributed by atoms with Crippen molar-refractivity contribution in [2.24, 2.45) is 5.41 Å². The number of nitrogens with one attached hydrogen (secondary N) is 1. The molecule has 2 aliphatic heterocycles. The van der Waals surface area contributed by atoms with Gasteiger partial charge in [0.2, 0.25) is 17.7 Å². The molecule has 5 amide bonds. The van der Waals surface area contributed by atoms with Crippen molar-refractivity contribution in [1.29, 1.82) is 0 Å². The molecule has 17 heavy (non-hydrogen) atoms. The summed E-state index contributed by atoms with van der Waals surface area (Å²) in [4.78, 5) is 46.1. The molecular formula is C10H13N3O4. The predicted molar refractivity (Wildman–Crippen MR) is 55.1 cm³/mol. The topological polar surface area (TPSA) is 86.8 Å². The van der Waals surface area contributed by atoms with Gasteiger partial charge in [0.15, 0.2) is 0 Å². The molecule has 0 unspecified atom stereocenters. The minimum atomic E-state index is -0.726. The van der Waals surface area contributed by atoms with Crippen LogP contribution in [-0.4, -0.2) is 40.3 Å². The Bertz CT molecular complexity index is 409. The van der Waals surface area contributed by atoms with Crippen molar-refractivity contribution >= 4 is 23.8 Å². The van der Waals surface area contributed by atoms with Gasteiger partial charge in [-0.05, 0) is 5.41 Å². The van der Waals surface area contributed by atoms with E-state index in [1.54, 1.807) is 0 Å².